The van der Waals surface area contributed by atoms with E-state index in [-0.39, 0.29) is 39.0 Å². The topological polar surface area (TPSA) is 180 Å². The van der Waals surface area contributed by atoms with Crippen molar-refractivity contribution in [1.82, 2.24) is 69.8 Å². The quantitative estimate of drug-likeness (QED) is 0.0640. The first-order valence-corrected chi connectivity index (χ1v) is 30.7. The van der Waals surface area contributed by atoms with Gasteiger partial charge < -0.3 is 0 Å². The van der Waals surface area contributed by atoms with Crippen LogP contribution in [0, 0.1) is 0 Å². The molecule has 13 aromatic heterocycles. The molecule has 0 N–H and O–H groups in total. The van der Waals surface area contributed by atoms with E-state index in [1.807, 2.05) is 170 Å². The second-order valence-corrected chi connectivity index (χ2v) is 21.3. The van der Waals surface area contributed by atoms with Crippen molar-refractivity contribution in [3.05, 3.63) is 266 Å². The minimum atomic E-state index is 0. The monoisotopic (exact) mass is 1380 g/mol. The molecule has 0 aliphatic rings. The Bertz CT molecular complexity index is 4130. The van der Waals surface area contributed by atoms with E-state index in [2.05, 4.69) is 112 Å². The van der Waals surface area contributed by atoms with Gasteiger partial charge in [0, 0.05) is 95.9 Å². The van der Waals surface area contributed by atoms with Gasteiger partial charge in [0.15, 0.2) is 0 Å². The van der Waals surface area contributed by atoms with Crippen molar-refractivity contribution in [2.24, 2.45) is 0 Å². The summed E-state index contributed by atoms with van der Waals surface area (Å²) >= 11 is 0. The van der Waals surface area contributed by atoms with Gasteiger partial charge in [0.05, 0.1) is 89.7 Å². The van der Waals surface area contributed by atoms with Gasteiger partial charge in [0.2, 0.25) is 0 Å². The molecular weight excluding hydrogens is 1310 g/mol. The fourth-order valence-electron chi connectivity index (χ4n) is 10.4. The summed E-state index contributed by atoms with van der Waals surface area (Å²) < 4.78 is 0. The molecule has 454 valence electrons. The fourth-order valence-corrected chi connectivity index (χ4v) is 10.4. The number of benzene rings is 2. The molecule has 0 amide bonds. The van der Waals surface area contributed by atoms with Crippen LogP contribution in [0.1, 0.15) is 75.6 Å². The first-order chi connectivity index (χ1) is 44.5. The summed E-state index contributed by atoms with van der Waals surface area (Å²) in [6.45, 7) is 8.69. The summed E-state index contributed by atoms with van der Waals surface area (Å²) in [5.41, 5.74) is 19.2. The Hall–Kier alpha value is -9.87. The van der Waals surface area contributed by atoms with Crippen LogP contribution >= 0.6 is 0 Å². The molecule has 15 aromatic rings. The zero-order valence-electron chi connectivity index (χ0n) is 51.7. The van der Waals surface area contributed by atoms with Crippen LogP contribution in [0.3, 0.4) is 0 Å². The molecule has 0 atom stereocenters. The number of rotatable bonds is 12. The van der Waals surface area contributed by atoms with E-state index in [4.69, 9.17) is 9.97 Å². The third-order valence-corrected chi connectivity index (χ3v) is 14.8. The molecule has 15 rings (SSSR count). The average Bonchev–Trinajstić information content (AvgIpc) is 0.733. The summed E-state index contributed by atoms with van der Waals surface area (Å²) in [6.07, 6.45) is 31.1. The van der Waals surface area contributed by atoms with Gasteiger partial charge in [-0.25, -0.2) is 9.97 Å². The van der Waals surface area contributed by atoms with Gasteiger partial charge in [-0.15, -0.1) is 0 Å². The van der Waals surface area contributed by atoms with Crippen LogP contribution in [0.25, 0.3) is 111 Å². The molecule has 0 bridgehead atoms. The summed E-state index contributed by atoms with van der Waals surface area (Å²) in [4.78, 5) is 63.3. The Balaban J connectivity index is 0.000000141. The largest absolute Gasteiger partial charge is 2.00 e. The van der Waals surface area contributed by atoms with Gasteiger partial charge in [-0.1, -0.05) is 102 Å². The molecule has 0 unspecified atom stereocenters. The van der Waals surface area contributed by atoms with Crippen molar-refractivity contribution in [3.8, 4) is 45.6 Å². The van der Waals surface area contributed by atoms with Crippen LogP contribution in [-0.2, 0) is 64.6 Å². The van der Waals surface area contributed by atoms with E-state index in [1.165, 1.54) is 22.3 Å². The van der Waals surface area contributed by atoms with Crippen molar-refractivity contribution in [1.29, 1.82) is 0 Å². The van der Waals surface area contributed by atoms with Gasteiger partial charge in [-0.05, 0) is 169 Å². The van der Waals surface area contributed by atoms with Crippen LogP contribution in [-0.4, -0.2) is 69.8 Å². The zero-order valence-corrected chi connectivity index (χ0v) is 55.2. The summed E-state index contributed by atoms with van der Waals surface area (Å²) in [5, 5.41) is 3.76. The van der Waals surface area contributed by atoms with Gasteiger partial charge in [0.1, 0.15) is 0 Å². The molecule has 0 radical (unpaired) electrons. The molecular formula is C76H68N14Ru2+4. The SMILES string of the molecule is CCCc1ccc(-c2ccccn2)nc1.CCCc1ccc(-c2ccccn2)nc1.CCCc1ccc(-c2ccccn2)nc1.CCCc1ccc(-c2ccccn2)nc1.[Ru+2].[Ru+2].c1cnc2c(c1)c1nc3c4cccnc4c4ncccc4c3nc1c1cccnc12. The molecule has 14 nitrogen and oxygen atoms in total. The molecule has 0 fully saturated rings. The van der Waals surface area contributed by atoms with E-state index < -0.39 is 0 Å². The Kier molecular flexibility index (Phi) is 24.5. The van der Waals surface area contributed by atoms with Gasteiger partial charge in [-0.2, -0.15) is 0 Å². The second kappa shape index (κ2) is 33.8. The molecule has 92 heavy (non-hydrogen) atoms. The van der Waals surface area contributed by atoms with E-state index in [0.717, 1.165) is 163 Å². The van der Waals surface area contributed by atoms with Crippen molar-refractivity contribution in [2.75, 3.05) is 0 Å². The Morgan fingerprint density at radius 3 is 0.609 bits per heavy atom. The predicted molar refractivity (Wildman–Crippen MR) is 364 cm³/mol. The molecule has 0 saturated heterocycles. The average molecular weight is 1380 g/mol. The van der Waals surface area contributed by atoms with Gasteiger partial charge in [-0.3, -0.25) is 59.8 Å². The zero-order chi connectivity index (χ0) is 61.7. The van der Waals surface area contributed by atoms with Crippen LogP contribution in [0.4, 0.5) is 0 Å². The second-order valence-electron chi connectivity index (χ2n) is 21.3. The molecule has 16 heteroatoms. The number of nitrogens with zero attached hydrogens (tertiary/aromatic N) is 14. The van der Waals surface area contributed by atoms with Crippen LogP contribution < -0.4 is 0 Å². The van der Waals surface area contributed by atoms with Crippen LogP contribution in [0.2, 0.25) is 0 Å². The first-order valence-electron chi connectivity index (χ1n) is 30.7. The Morgan fingerprint density at radius 2 is 0.424 bits per heavy atom. The summed E-state index contributed by atoms with van der Waals surface area (Å²) in [5.74, 6) is 0. The van der Waals surface area contributed by atoms with Crippen molar-refractivity contribution < 1.29 is 39.0 Å². The Labute approximate surface area is 561 Å². The first kappa shape index (κ1) is 66.5. The van der Waals surface area contributed by atoms with Crippen molar-refractivity contribution in [3.63, 3.8) is 0 Å². The minimum absolute atomic E-state index is 0. The van der Waals surface area contributed by atoms with Crippen LogP contribution in [0.15, 0.2) is 244 Å². The third kappa shape index (κ3) is 16.5. The number of aromatic nitrogens is 14. The van der Waals surface area contributed by atoms with E-state index in [1.54, 1.807) is 49.6 Å². The molecule has 0 aliphatic carbocycles. The standard InChI is InChI=1S/C24H12N6.4C13H14N2.2Ru/c1-5-13-17(25-9-1)18-14(6-2-10-26-18)22-21(13)29-23-15-7-3-11-27-19(15)20-16(24(23)30-22)8-4-12-28-20;4*1-2-5-11-7-8-13(15-10-11)12-6-3-4-9-14-12;;/h1-12H;4*3-4,6-10H,2,5H2,1H3;;/q;;;;;2*+2. The number of hydrogen-bond donors (Lipinski definition) is 0. The van der Waals surface area contributed by atoms with Crippen molar-refractivity contribution in [2.45, 2.75) is 79.1 Å². The minimum Gasteiger partial charge on any atom is -0.255 e. The summed E-state index contributed by atoms with van der Waals surface area (Å²) in [7, 11) is 0. The maximum Gasteiger partial charge on any atom is 2.00 e. The molecule has 0 aliphatic heterocycles. The maximum absolute atomic E-state index is 5.14. The fraction of sp³-hybridized carbons (Fsp3) is 0.158. The molecule has 2 aromatic carbocycles. The van der Waals surface area contributed by atoms with Gasteiger partial charge >= 0.3 is 39.0 Å². The van der Waals surface area contributed by atoms with E-state index in [0.29, 0.717) is 0 Å². The predicted octanol–water partition coefficient (Wildman–Crippen LogP) is 17.4. The van der Waals surface area contributed by atoms with E-state index in [9.17, 15) is 0 Å². The number of pyridine rings is 12. The third-order valence-electron chi connectivity index (χ3n) is 14.8. The smallest absolute Gasteiger partial charge is 0.255 e. The summed E-state index contributed by atoms with van der Waals surface area (Å²) in [6, 6.07) is 55.9. The molecule has 13 heterocycles. The normalized spacial score (nSPS) is 10.6. The molecule has 0 saturated carbocycles. The van der Waals surface area contributed by atoms with Crippen molar-refractivity contribution >= 4 is 65.7 Å². The maximum atomic E-state index is 5.14. The Morgan fingerprint density at radius 1 is 0.207 bits per heavy atom. The number of aryl methyl sites for hydroxylation is 4. The molecule has 0 spiro atoms. The van der Waals surface area contributed by atoms with Crippen LogP contribution in [0.5, 0.6) is 0 Å². The van der Waals surface area contributed by atoms with Gasteiger partial charge in [0.25, 0.3) is 0 Å². The number of fused-ring (bicyclic) bond motifs is 12. The number of hydrogen-bond acceptors (Lipinski definition) is 14. The van der Waals surface area contributed by atoms with E-state index >= 15 is 0 Å².